The van der Waals surface area contributed by atoms with Crippen LogP contribution in [-0.2, 0) is 23.9 Å². The standard InChI is InChI=1S/C14H18N2O5/c17-11(7-16-12(18)1-2-13(16)19)15-14-6-8-3-9(20-14)5-10(4-8)21-14/h8-10H,1-7H2,(H,15,17). The molecule has 21 heavy (non-hydrogen) atoms. The van der Waals surface area contributed by atoms with Gasteiger partial charge in [-0.15, -0.1) is 0 Å². The molecule has 1 N–H and O–H groups in total. The van der Waals surface area contributed by atoms with Crippen molar-refractivity contribution in [3.8, 4) is 0 Å². The van der Waals surface area contributed by atoms with Crippen molar-refractivity contribution in [3.05, 3.63) is 0 Å². The SMILES string of the molecule is O=C(CN1C(=O)CCC1=O)NC12CC3CC(CC(C3)O1)O2. The number of ether oxygens (including phenoxy) is 2. The molecule has 0 radical (unpaired) electrons. The number of hydrogen-bond acceptors (Lipinski definition) is 5. The quantitative estimate of drug-likeness (QED) is 0.734. The largest absolute Gasteiger partial charge is 0.329 e. The number of rotatable bonds is 3. The summed E-state index contributed by atoms with van der Waals surface area (Å²) in [6.45, 7) is -0.244. The number of nitrogens with one attached hydrogen (secondary N) is 1. The van der Waals surface area contributed by atoms with E-state index >= 15 is 0 Å². The lowest BCUT2D eigenvalue weighted by atomic mass is 9.77. The zero-order valence-electron chi connectivity index (χ0n) is 11.7. The summed E-state index contributed by atoms with van der Waals surface area (Å²) in [6, 6.07) is 0. The van der Waals surface area contributed by atoms with E-state index in [1.807, 2.05) is 0 Å². The number of nitrogens with zero attached hydrogens (tertiary/aromatic N) is 1. The maximum absolute atomic E-state index is 12.2. The molecule has 5 fully saturated rings. The molecule has 4 heterocycles. The molecule has 2 unspecified atom stereocenters. The molecule has 5 rings (SSSR count). The number of amides is 3. The van der Waals surface area contributed by atoms with Crippen molar-refractivity contribution in [2.24, 2.45) is 5.92 Å². The van der Waals surface area contributed by atoms with Crippen LogP contribution in [0.5, 0.6) is 0 Å². The third-order valence-electron chi connectivity index (χ3n) is 4.78. The summed E-state index contributed by atoms with van der Waals surface area (Å²) in [7, 11) is 0. The number of hydrogen-bond donors (Lipinski definition) is 1. The highest BCUT2D eigenvalue weighted by Gasteiger charge is 2.54. The van der Waals surface area contributed by atoms with Gasteiger partial charge in [-0.3, -0.25) is 19.3 Å². The van der Waals surface area contributed by atoms with Gasteiger partial charge in [0.25, 0.3) is 5.91 Å². The maximum atomic E-state index is 12.2. The van der Waals surface area contributed by atoms with Gasteiger partial charge < -0.3 is 14.8 Å². The minimum Gasteiger partial charge on any atom is -0.329 e. The molecule has 2 atom stereocenters. The van der Waals surface area contributed by atoms with Crippen LogP contribution in [-0.4, -0.2) is 47.3 Å². The Kier molecular flexibility index (Phi) is 2.84. The van der Waals surface area contributed by atoms with Gasteiger partial charge in [0.1, 0.15) is 6.54 Å². The van der Waals surface area contributed by atoms with E-state index in [2.05, 4.69) is 5.32 Å². The first-order valence-corrected chi connectivity index (χ1v) is 7.53. The van der Waals surface area contributed by atoms with Gasteiger partial charge in [0, 0.05) is 25.7 Å². The van der Waals surface area contributed by atoms with Crippen LogP contribution in [0.15, 0.2) is 0 Å². The van der Waals surface area contributed by atoms with Crippen LogP contribution >= 0.6 is 0 Å². The number of carbonyl (C=O) groups is 3. The average molecular weight is 294 g/mol. The molecule has 5 aliphatic rings. The lowest BCUT2D eigenvalue weighted by molar-refractivity contribution is -0.379. The first kappa shape index (κ1) is 13.2. The van der Waals surface area contributed by atoms with Crippen LogP contribution in [0.4, 0.5) is 0 Å². The molecule has 114 valence electrons. The van der Waals surface area contributed by atoms with Gasteiger partial charge in [-0.2, -0.15) is 0 Å². The predicted octanol–water partition coefficient (Wildman–Crippen LogP) is -0.107. The fourth-order valence-electron chi connectivity index (χ4n) is 4.03. The molecule has 0 aromatic heterocycles. The van der Waals surface area contributed by atoms with Crippen LogP contribution in [0.3, 0.4) is 0 Å². The van der Waals surface area contributed by atoms with E-state index in [4.69, 9.17) is 9.47 Å². The van der Waals surface area contributed by atoms with Crippen LogP contribution < -0.4 is 5.32 Å². The molecule has 3 amide bonds. The Labute approximate surface area is 121 Å². The Bertz CT molecular complexity index is 466. The third-order valence-corrected chi connectivity index (χ3v) is 4.78. The first-order valence-electron chi connectivity index (χ1n) is 7.53. The fraction of sp³-hybridized carbons (Fsp3) is 0.786. The Morgan fingerprint density at radius 2 is 1.76 bits per heavy atom. The molecule has 7 nitrogen and oxygen atoms in total. The smallest absolute Gasteiger partial charge is 0.252 e. The normalized spacial score (nSPS) is 41.0. The maximum Gasteiger partial charge on any atom is 0.252 e. The Morgan fingerprint density at radius 3 is 2.33 bits per heavy atom. The summed E-state index contributed by atoms with van der Waals surface area (Å²) in [5.41, 5.74) is 0. The van der Waals surface area contributed by atoms with Crippen LogP contribution in [0.25, 0.3) is 0 Å². The van der Waals surface area contributed by atoms with Gasteiger partial charge >= 0.3 is 0 Å². The molecule has 4 bridgehead atoms. The van der Waals surface area contributed by atoms with Gasteiger partial charge in [-0.05, 0) is 18.8 Å². The summed E-state index contributed by atoms with van der Waals surface area (Å²) in [4.78, 5) is 36.3. The monoisotopic (exact) mass is 294 g/mol. The number of likely N-dealkylation sites (tertiary alicyclic amines) is 1. The molecular formula is C14H18N2O5. The van der Waals surface area contributed by atoms with E-state index in [0.29, 0.717) is 12.3 Å². The summed E-state index contributed by atoms with van der Waals surface area (Å²) in [5, 5.41) is 2.76. The summed E-state index contributed by atoms with van der Waals surface area (Å²) in [6.07, 6.45) is 4.26. The zero-order valence-corrected chi connectivity index (χ0v) is 11.7. The number of imide groups is 1. The van der Waals surface area contributed by atoms with Crippen LogP contribution in [0, 0.1) is 5.92 Å². The lowest BCUT2D eigenvalue weighted by Crippen LogP contribution is -2.66. The predicted molar refractivity (Wildman–Crippen MR) is 68.5 cm³/mol. The molecular weight excluding hydrogens is 276 g/mol. The Morgan fingerprint density at radius 1 is 1.14 bits per heavy atom. The topological polar surface area (TPSA) is 84.9 Å². The summed E-state index contributed by atoms with van der Waals surface area (Å²) >= 11 is 0. The van der Waals surface area contributed by atoms with E-state index in [1.54, 1.807) is 0 Å². The van der Waals surface area contributed by atoms with Crippen molar-refractivity contribution < 1.29 is 23.9 Å². The highest BCUT2D eigenvalue weighted by atomic mass is 16.7. The molecule has 4 saturated heterocycles. The highest BCUT2D eigenvalue weighted by molar-refractivity contribution is 6.04. The van der Waals surface area contributed by atoms with Crippen molar-refractivity contribution >= 4 is 17.7 Å². The van der Waals surface area contributed by atoms with Gasteiger partial charge in [-0.1, -0.05) is 0 Å². The zero-order chi connectivity index (χ0) is 14.6. The van der Waals surface area contributed by atoms with Gasteiger partial charge in [0.05, 0.1) is 12.2 Å². The minimum atomic E-state index is -1.04. The van der Waals surface area contributed by atoms with Gasteiger partial charge in [-0.25, -0.2) is 0 Å². The van der Waals surface area contributed by atoms with Crippen LogP contribution in [0.2, 0.25) is 0 Å². The van der Waals surface area contributed by atoms with Crippen LogP contribution in [0.1, 0.15) is 38.5 Å². The molecule has 0 aromatic carbocycles. The van der Waals surface area contributed by atoms with E-state index in [1.165, 1.54) is 0 Å². The van der Waals surface area contributed by atoms with Crippen molar-refractivity contribution in [2.45, 2.75) is 56.6 Å². The van der Waals surface area contributed by atoms with E-state index in [0.717, 1.165) is 24.2 Å². The van der Waals surface area contributed by atoms with Crippen molar-refractivity contribution in [1.82, 2.24) is 10.2 Å². The average Bonchev–Trinajstić information content (AvgIpc) is 2.68. The second-order valence-corrected chi connectivity index (χ2v) is 6.43. The van der Waals surface area contributed by atoms with E-state index in [9.17, 15) is 14.4 Å². The molecule has 1 aliphatic carbocycles. The molecule has 0 aromatic rings. The molecule has 0 spiro atoms. The number of carbonyl (C=O) groups excluding carboxylic acids is 3. The Hall–Kier alpha value is -1.47. The minimum absolute atomic E-state index is 0.145. The van der Waals surface area contributed by atoms with Crippen molar-refractivity contribution in [1.29, 1.82) is 0 Å². The van der Waals surface area contributed by atoms with Crippen molar-refractivity contribution in [3.63, 3.8) is 0 Å². The second kappa shape index (κ2) is 4.51. The molecule has 7 heteroatoms. The van der Waals surface area contributed by atoms with E-state index in [-0.39, 0.29) is 43.4 Å². The summed E-state index contributed by atoms with van der Waals surface area (Å²) < 4.78 is 11.7. The Balaban J connectivity index is 1.42. The first-order chi connectivity index (χ1) is 10.0. The van der Waals surface area contributed by atoms with Gasteiger partial charge in [0.2, 0.25) is 17.7 Å². The second-order valence-electron chi connectivity index (χ2n) is 6.43. The highest BCUT2D eigenvalue weighted by Crippen LogP contribution is 2.47. The summed E-state index contributed by atoms with van der Waals surface area (Å²) in [5.74, 6) is -1.50. The van der Waals surface area contributed by atoms with E-state index < -0.39 is 11.8 Å². The molecule has 1 saturated carbocycles. The fourth-order valence-corrected chi connectivity index (χ4v) is 4.03. The van der Waals surface area contributed by atoms with Crippen molar-refractivity contribution in [2.75, 3.05) is 6.54 Å². The van der Waals surface area contributed by atoms with Gasteiger partial charge in [0.15, 0.2) is 0 Å². The third kappa shape index (κ3) is 2.24. The molecule has 4 aliphatic heterocycles. The lowest BCUT2D eigenvalue weighted by Gasteiger charge is -2.55.